The van der Waals surface area contributed by atoms with E-state index in [1.54, 1.807) is 18.2 Å². The number of benzene rings is 1. The largest absolute Gasteiger partial charge is 0.420 e. The Bertz CT molecular complexity index is 892. The number of likely N-dealkylation sites (tertiary alicyclic amines) is 1. The number of hydrogen-bond donors (Lipinski definition) is 0. The maximum absolute atomic E-state index is 12.8. The molecule has 1 aliphatic carbocycles. The van der Waals surface area contributed by atoms with Crippen LogP contribution in [0.2, 0.25) is 5.02 Å². The monoisotopic (exact) mass is 405 g/mol. The van der Waals surface area contributed by atoms with E-state index >= 15 is 0 Å². The van der Waals surface area contributed by atoms with Crippen LogP contribution in [0.25, 0.3) is 11.1 Å². The highest BCUT2D eigenvalue weighted by Gasteiger charge is 2.29. The van der Waals surface area contributed by atoms with E-state index in [4.69, 9.17) is 16.0 Å². The summed E-state index contributed by atoms with van der Waals surface area (Å²) in [6.45, 7) is 1.50. The third kappa shape index (κ3) is 3.98. The molecule has 1 saturated carbocycles. The lowest BCUT2D eigenvalue weighted by Crippen LogP contribution is -2.49. The van der Waals surface area contributed by atoms with Crippen LogP contribution in [-0.4, -0.2) is 52.5 Å². The van der Waals surface area contributed by atoms with Crippen molar-refractivity contribution in [3.63, 3.8) is 0 Å². The molecule has 1 aromatic heterocycles. The Kier molecular flexibility index (Phi) is 5.78. The molecule has 7 heteroatoms. The van der Waals surface area contributed by atoms with Crippen molar-refractivity contribution in [2.75, 3.05) is 20.1 Å². The predicted molar refractivity (Wildman–Crippen MR) is 110 cm³/mol. The Hall–Kier alpha value is -1.79. The van der Waals surface area contributed by atoms with Crippen molar-refractivity contribution >= 4 is 28.6 Å². The summed E-state index contributed by atoms with van der Waals surface area (Å²) >= 11 is 5.95. The minimum absolute atomic E-state index is 0.0105. The molecular weight excluding hydrogens is 378 g/mol. The lowest BCUT2D eigenvalue weighted by atomic mass is 9.92. The van der Waals surface area contributed by atoms with Gasteiger partial charge in [0.15, 0.2) is 5.58 Å². The number of rotatable bonds is 4. The van der Waals surface area contributed by atoms with Crippen LogP contribution in [0.15, 0.2) is 27.4 Å². The van der Waals surface area contributed by atoms with Gasteiger partial charge in [-0.15, -0.1) is 0 Å². The maximum atomic E-state index is 12.8. The topological polar surface area (TPSA) is 58.7 Å². The van der Waals surface area contributed by atoms with Gasteiger partial charge in [-0.05, 0) is 44.9 Å². The minimum atomic E-state index is -0.516. The maximum Gasteiger partial charge on any atom is 0.420 e. The Labute approximate surface area is 170 Å². The average Bonchev–Trinajstić information content (AvgIpc) is 3.02. The van der Waals surface area contributed by atoms with E-state index in [0.717, 1.165) is 25.9 Å². The molecular formula is C21H28ClN3O3. The SMILES string of the molecule is CN(C1CCCCC1)C1CCN(C(=O)Cn2c(=O)oc3cc(Cl)ccc32)CC1. The number of aromatic nitrogens is 1. The first-order valence-corrected chi connectivity index (χ1v) is 10.7. The van der Waals surface area contributed by atoms with Gasteiger partial charge in [0, 0.05) is 36.3 Å². The Balaban J connectivity index is 1.37. The van der Waals surface area contributed by atoms with E-state index in [0.29, 0.717) is 28.2 Å². The van der Waals surface area contributed by atoms with E-state index in [-0.39, 0.29) is 12.5 Å². The summed E-state index contributed by atoms with van der Waals surface area (Å²) in [5.74, 6) is -0.545. The van der Waals surface area contributed by atoms with Crippen molar-refractivity contribution in [3.05, 3.63) is 33.8 Å². The second-order valence-corrected chi connectivity index (χ2v) is 8.57. The number of oxazole rings is 1. The van der Waals surface area contributed by atoms with Crippen LogP contribution in [0.5, 0.6) is 0 Å². The van der Waals surface area contributed by atoms with E-state index in [1.807, 2.05) is 4.90 Å². The van der Waals surface area contributed by atoms with Gasteiger partial charge in [0.1, 0.15) is 6.54 Å². The first-order chi connectivity index (χ1) is 13.5. The summed E-state index contributed by atoms with van der Waals surface area (Å²) in [5, 5.41) is 0.504. The van der Waals surface area contributed by atoms with Crippen LogP contribution in [0, 0.1) is 0 Å². The molecule has 2 fully saturated rings. The molecule has 6 nitrogen and oxygen atoms in total. The molecule has 0 radical (unpaired) electrons. The van der Waals surface area contributed by atoms with Crippen molar-refractivity contribution in [2.45, 2.75) is 63.6 Å². The van der Waals surface area contributed by atoms with Crippen molar-refractivity contribution in [1.29, 1.82) is 0 Å². The van der Waals surface area contributed by atoms with Crippen molar-refractivity contribution in [2.24, 2.45) is 0 Å². The molecule has 0 N–H and O–H groups in total. The third-order valence-corrected chi connectivity index (χ3v) is 6.70. The molecule has 28 heavy (non-hydrogen) atoms. The molecule has 2 aromatic rings. The van der Waals surface area contributed by atoms with Gasteiger partial charge in [0.2, 0.25) is 5.91 Å². The smallest absolute Gasteiger partial charge is 0.408 e. The highest BCUT2D eigenvalue weighted by molar-refractivity contribution is 6.31. The second-order valence-electron chi connectivity index (χ2n) is 8.14. The Morgan fingerprint density at radius 1 is 1.14 bits per heavy atom. The number of piperidine rings is 1. The fraction of sp³-hybridized carbons (Fsp3) is 0.619. The summed E-state index contributed by atoms with van der Waals surface area (Å²) in [7, 11) is 2.25. The van der Waals surface area contributed by atoms with Crippen LogP contribution in [-0.2, 0) is 11.3 Å². The number of carbonyl (C=O) groups is 1. The molecule has 2 heterocycles. The minimum Gasteiger partial charge on any atom is -0.408 e. The number of carbonyl (C=O) groups excluding carboxylic acids is 1. The van der Waals surface area contributed by atoms with Crippen LogP contribution >= 0.6 is 11.6 Å². The number of fused-ring (bicyclic) bond motifs is 1. The van der Waals surface area contributed by atoms with Gasteiger partial charge < -0.3 is 14.2 Å². The molecule has 0 unspecified atom stereocenters. The van der Waals surface area contributed by atoms with Crippen molar-refractivity contribution in [3.8, 4) is 0 Å². The summed E-state index contributed by atoms with van der Waals surface area (Å²) in [6, 6.07) is 6.27. The standard InChI is InChI=1S/C21H28ClN3O3/c1-23(16-5-3-2-4-6-16)17-9-11-24(12-10-17)20(26)14-25-18-8-7-15(22)13-19(18)28-21(25)27/h7-8,13,16-17H,2-6,9-12,14H2,1H3. The Morgan fingerprint density at radius 2 is 1.82 bits per heavy atom. The van der Waals surface area contributed by atoms with Crippen molar-refractivity contribution < 1.29 is 9.21 Å². The Morgan fingerprint density at radius 3 is 2.54 bits per heavy atom. The molecule has 1 aliphatic heterocycles. The van der Waals surface area contributed by atoms with Gasteiger partial charge in [0.05, 0.1) is 5.52 Å². The summed E-state index contributed by atoms with van der Waals surface area (Å²) in [4.78, 5) is 29.4. The highest BCUT2D eigenvalue weighted by atomic mass is 35.5. The van der Waals surface area contributed by atoms with E-state index in [1.165, 1.54) is 36.7 Å². The van der Waals surface area contributed by atoms with Gasteiger partial charge in [-0.25, -0.2) is 4.79 Å². The lowest BCUT2D eigenvalue weighted by molar-refractivity contribution is -0.133. The number of hydrogen-bond acceptors (Lipinski definition) is 4. The number of halogens is 1. The van der Waals surface area contributed by atoms with E-state index in [9.17, 15) is 9.59 Å². The van der Waals surface area contributed by atoms with Crippen LogP contribution < -0.4 is 5.76 Å². The summed E-state index contributed by atoms with van der Waals surface area (Å²) in [5.41, 5.74) is 1.02. The molecule has 1 amide bonds. The van der Waals surface area contributed by atoms with Crippen LogP contribution in [0.4, 0.5) is 0 Å². The zero-order valence-corrected chi connectivity index (χ0v) is 17.2. The first kappa shape index (κ1) is 19.5. The van der Waals surface area contributed by atoms with Crippen molar-refractivity contribution in [1.82, 2.24) is 14.4 Å². The van der Waals surface area contributed by atoms with Gasteiger partial charge in [-0.2, -0.15) is 0 Å². The zero-order chi connectivity index (χ0) is 19.7. The predicted octanol–water partition coefficient (Wildman–Crippen LogP) is 3.50. The lowest BCUT2D eigenvalue weighted by Gasteiger charge is -2.41. The van der Waals surface area contributed by atoms with Gasteiger partial charge in [0.25, 0.3) is 0 Å². The van der Waals surface area contributed by atoms with Gasteiger partial charge in [-0.1, -0.05) is 30.9 Å². The van der Waals surface area contributed by atoms with Crippen LogP contribution in [0.3, 0.4) is 0 Å². The fourth-order valence-corrected chi connectivity index (χ4v) is 4.90. The first-order valence-electron chi connectivity index (χ1n) is 10.3. The molecule has 0 atom stereocenters. The molecule has 0 spiro atoms. The zero-order valence-electron chi connectivity index (χ0n) is 16.4. The highest BCUT2D eigenvalue weighted by Crippen LogP contribution is 2.26. The molecule has 152 valence electrons. The molecule has 2 aliphatic rings. The molecule has 4 rings (SSSR count). The second kappa shape index (κ2) is 8.29. The van der Waals surface area contributed by atoms with Gasteiger partial charge in [-0.3, -0.25) is 9.36 Å². The third-order valence-electron chi connectivity index (χ3n) is 6.47. The molecule has 1 aromatic carbocycles. The summed E-state index contributed by atoms with van der Waals surface area (Å²) in [6.07, 6.45) is 8.64. The number of nitrogens with zero attached hydrogens (tertiary/aromatic N) is 3. The van der Waals surface area contributed by atoms with E-state index in [2.05, 4.69) is 11.9 Å². The summed E-state index contributed by atoms with van der Waals surface area (Å²) < 4.78 is 6.63. The van der Waals surface area contributed by atoms with Crippen LogP contribution in [0.1, 0.15) is 44.9 Å². The van der Waals surface area contributed by atoms with E-state index < -0.39 is 5.76 Å². The number of amides is 1. The normalized spacial score (nSPS) is 19.6. The molecule has 0 bridgehead atoms. The quantitative estimate of drug-likeness (QED) is 0.781. The average molecular weight is 406 g/mol. The molecule has 1 saturated heterocycles. The fourth-order valence-electron chi connectivity index (χ4n) is 4.73. The van der Waals surface area contributed by atoms with Gasteiger partial charge >= 0.3 is 5.76 Å².